The highest BCUT2D eigenvalue weighted by atomic mass is 79.9. The third kappa shape index (κ3) is 3.72. The normalized spacial score (nSPS) is 12.2. The fourth-order valence-corrected chi connectivity index (χ4v) is 2.35. The molecule has 0 heterocycles. The summed E-state index contributed by atoms with van der Waals surface area (Å²) >= 11 is 9.24. The second kappa shape index (κ2) is 6.57. The van der Waals surface area contributed by atoms with Gasteiger partial charge < -0.3 is 10.5 Å². The van der Waals surface area contributed by atoms with Gasteiger partial charge in [-0.1, -0.05) is 33.6 Å². The van der Waals surface area contributed by atoms with Crippen molar-refractivity contribution < 1.29 is 9.13 Å². The molecule has 0 fully saturated rings. The van der Waals surface area contributed by atoms with Crippen LogP contribution >= 0.6 is 27.5 Å². The minimum absolute atomic E-state index is 0.0998. The van der Waals surface area contributed by atoms with Crippen molar-refractivity contribution in [3.05, 3.63) is 62.8 Å². The van der Waals surface area contributed by atoms with E-state index in [9.17, 15) is 4.39 Å². The van der Waals surface area contributed by atoms with Gasteiger partial charge in [-0.2, -0.15) is 0 Å². The summed E-state index contributed by atoms with van der Waals surface area (Å²) in [7, 11) is 0. The molecule has 0 aromatic heterocycles. The minimum atomic E-state index is -0.341. The molecule has 2 nitrogen and oxygen atoms in total. The van der Waals surface area contributed by atoms with E-state index in [2.05, 4.69) is 15.9 Å². The number of rotatable bonds is 4. The first kappa shape index (κ1) is 15.3. The van der Waals surface area contributed by atoms with Crippen LogP contribution < -0.4 is 10.5 Å². The summed E-state index contributed by atoms with van der Waals surface area (Å²) in [5.74, 6) is 0.292. The van der Waals surface area contributed by atoms with Gasteiger partial charge in [0.15, 0.2) is 0 Å². The van der Waals surface area contributed by atoms with Crippen molar-refractivity contribution in [2.45, 2.75) is 19.6 Å². The van der Waals surface area contributed by atoms with E-state index in [1.165, 1.54) is 12.1 Å². The number of benzene rings is 2. The van der Waals surface area contributed by atoms with Gasteiger partial charge in [0.1, 0.15) is 18.2 Å². The topological polar surface area (TPSA) is 35.2 Å². The Labute approximate surface area is 130 Å². The lowest BCUT2D eigenvalue weighted by Crippen LogP contribution is -2.08. The second-order valence-corrected chi connectivity index (χ2v) is 5.85. The Morgan fingerprint density at radius 3 is 2.75 bits per heavy atom. The smallest absolute Gasteiger partial charge is 0.129 e. The van der Waals surface area contributed by atoms with Crippen LogP contribution in [-0.4, -0.2) is 0 Å². The maximum absolute atomic E-state index is 13.6. The lowest BCUT2D eigenvalue weighted by atomic mass is 10.1. The molecule has 0 aliphatic carbocycles. The summed E-state index contributed by atoms with van der Waals surface area (Å²) in [6.07, 6.45) is 0. The highest BCUT2D eigenvalue weighted by molar-refractivity contribution is 9.10. The van der Waals surface area contributed by atoms with Crippen molar-refractivity contribution in [2.75, 3.05) is 0 Å². The molecule has 5 heteroatoms. The third-order valence-corrected chi connectivity index (χ3v) is 3.59. The summed E-state index contributed by atoms with van der Waals surface area (Å²) in [4.78, 5) is 0. The molecular weight excluding hydrogens is 345 g/mol. The highest BCUT2D eigenvalue weighted by Gasteiger charge is 2.10. The average Bonchev–Trinajstić information content (AvgIpc) is 2.39. The number of hydrogen-bond acceptors (Lipinski definition) is 2. The lowest BCUT2D eigenvalue weighted by Gasteiger charge is -2.15. The molecule has 1 atom stereocenters. The van der Waals surface area contributed by atoms with Crippen molar-refractivity contribution in [3.8, 4) is 5.75 Å². The summed E-state index contributed by atoms with van der Waals surface area (Å²) in [6.45, 7) is 1.97. The zero-order valence-corrected chi connectivity index (χ0v) is 13.2. The summed E-state index contributed by atoms with van der Waals surface area (Å²) in [5.41, 5.74) is 7.18. The molecule has 0 amide bonds. The molecule has 2 rings (SSSR count). The van der Waals surface area contributed by atoms with E-state index in [4.69, 9.17) is 22.1 Å². The van der Waals surface area contributed by atoms with Gasteiger partial charge in [0.25, 0.3) is 0 Å². The van der Waals surface area contributed by atoms with Crippen molar-refractivity contribution in [3.63, 3.8) is 0 Å². The zero-order chi connectivity index (χ0) is 14.7. The summed E-state index contributed by atoms with van der Waals surface area (Å²) in [6, 6.07) is 9.83. The monoisotopic (exact) mass is 357 g/mol. The predicted molar refractivity (Wildman–Crippen MR) is 82.5 cm³/mol. The van der Waals surface area contributed by atoms with E-state index in [1.54, 1.807) is 6.07 Å². The standard InChI is InChI=1S/C15H14BrClFNO/c1-9(19)13-4-2-11(16)7-15(13)20-8-10-6-12(17)3-5-14(10)18/h2-7,9H,8,19H2,1H3/t9-/m1/s1. The Bertz CT molecular complexity index is 619. The fourth-order valence-electron chi connectivity index (χ4n) is 1.82. The molecule has 2 N–H and O–H groups in total. The summed E-state index contributed by atoms with van der Waals surface area (Å²) in [5, 5.41) is 0.478. The molecule has 0 aliphatic heterocycles. The highest BCUT2D eigenvalue weighted by Crippen LogP contribution is 2.28. The van der Waals surface area contributed by atoms with Crippen LogP contribution in [-0.2, 0) is 6.61 Å². The first-order valence-electron chi connectivity index (χ1n) is 6.09. The molecule has 0 radical (unpaired) electrons. The SMILES string of the molecule is C[C@@H](N)c1ccc(Br)cc1OCc1cc(Cl)ccc1F. The van der Waals surface area contributed by atoms with Gasteiger partial charge in [0, 0.05) is 26.7 Å². The molecule has 0 saturated heterocycles. The van der Waals surface area contributed by atoms with Gasteiger partial charge in [0.2, 0.25) is 0 Å². The van der Waals surface area contributed by atoms with E-state index < -0.39 is 0 Å². The number of ether oxygens (including phenoxy) is 1. The van der Waals surface area contributed by atoms with Crippen LogP contribution in [0, 0.1) is 5.82 Å². The summed E-state index contributed by atoms with van der Waals surface area (Å²) < 4.78 is 20.2. The molecule has 0 saturated carbocycles. The largest absolute Gasteiger partial charge is 0.488 e. The number of halogens is 3. The van der Waals surface area contributed by atoms with Crippen LogP contribution in [0.1, 0.15) is 24.1 Å². The van der Waals surface area contributed by atoms with Gasteiger partial charge in [-0.15, -0.1) is 0 Å². The van der Waals surface area contributed by atoms with Crippen LogP contribution in [0.15, 0.2) is 40.9 Å². The molecule has 0 bridgehead atoms. The molecule has 2 aromatic carbocycles. The van der Waals surface area contributed by atoms with E-state index in [1.807, 2.05) is 25.1 Å². The van der Waals surface area contributed by atoms with Crippen LogP contribution in [0.4, 0.5) is 4.39 Å². The number of hydrogen-bond donors (Lipinski definition) is 1. The Morgan fingerprint density at radius 2 is 2.05 bits per heavy atom. The van der Waals surface area contributed by atoms with Crippen LogP contribution in [0.2, 0.25) is 5.02 Å². The van der Waals surface area contributed by atoms with Gasteiger partial charge in [-0.3, -0.25) is 0 Å². The molecule has 20 heavy (non-hydrogen) atoms. The molecular formula is C15H14BrClFNO. The fraction of sp³-hybridized carbons (Fsp3) is 0.200. The first-order valence-corrected chi connectivity index (χ1v) is 7.26. The molecule has 106 valence electrons. The maximum Gasteiger partial charge on any atom is 0.129 e. The average molecular weight is 359 g/mol. The van der Waals surface area contributed by atoms with Gasteiger partial charge >= 0.3 is 0 Å². The zero-order valence-electron chi connectivity index (χ0n) is 10.9. The molecule has 0 spiro atoms. The lowest BCUT2D eigenvalue weighted by molar-refractivity contribution is 0.295. The van der Waals surface area contributed by atoms with Crippen LogP contribution in [0.5, 0.6) is 5.75 Å². The Morgan fingerprint density at radius 1 is 1.30 bits per heavy atom. The van der Waals surface area contributed by atoms with Crippen LogP contribution in [0.25, 0.3) is 0 Å². The van der Waals surface area contributed by atoms with E-state index in [-0.39, 0.29) is 18.5 Å². The van der Waals surface area contributed by atoms with Gasteiger partial charge in [-0.05, 0) is 37.3 Å². The molecule has 2 aromatic rings. The van der Waals surface area contributed by atoms with E-state index >= 15 is 0 Å². The Kier molecular flexibility index (Phi) is 5.02. The van der Waals surface area contributed by atoms with E-state index in [0.717, 1.165) is 10.0 Å². The molecule has 0 aliphatic rings. The molecule has 0 unspecified atom stereocenters. The maximum atomic E-state index is 13.6. The second-order valence-electron chi connectivity index (χ2n) is 4.50. The third-order valence-electron chi connectivity index (χ3n) is 2.86. The van der Waals surface area contributed by atoms with E-state index in [0.29, 0.717) is 16.3 Å². The van der Waals surface area contributed by atoms with Crippen molar-refractivity contribution in [1.29, 1.82) is 0 Å². The Hall–Kier alpha value is -1.10. The van der Waals surface area contributed by atoms with Gasteiger partial charge in [-0.25, -0.2) is 4.39 Å². The van der Waals surface area contributed by atoms with Crippen molar-refractivity contribution >= 4 is 27.5 Å². The van der Waals surface area contributed by atoms with Crippen molar-refractivity contribution in [1.82, 2.24) is 0 Å². The predicted octanol–water partition coefficient (Wildman–Crippen LogP) is 4.84. The minimum Gasteiger partial charge on any atom is -0.488 e. The Balaban J connectivity index is 2.22. The van der Waals surface area contributed by atoms with Crippen molar-refractivity contribution in [2.24, 2.45) is 5.73 Å². The van der Waals surface area contributed by atoms with Crippen LogP contribution in [0.3, 0.4) is 0 Å². The first-order chi connectivity index (χ1) is 9.47. The quantitative estimate of drug-likeness (QED) is 0.848. The number of nitrogens with two attached hydrogens (primary N) is 1. The van der Waals surface area contributed by atoms with Gasteiger partial charge in [0.05, 0.1) is 0 Å².